The van der Waals surface area contributed by atoms with Crippen LogP contribution in [0.5, 0.6) is 23.0 Å². The summed E-state index contributed by atoms with van der Waals surface area (Å²) in [5, 5.41) is 59.7. The zero-order valence-electron chi connectivity index (χ0n) is 17.3. The second-order valence-corrected chi connectivity index (χ2v) is 7.46. The van der Waals surface area contributed by atoms with E-state index in [1.54, 1.807) is 24.3 Å². The molecule has 33 heavy (non-hydrogen) atoms. The van der Waals surface area contributed by atoms with Gasteiger partial charge in [0.25, 0.3) is 0 Å². The van der Waals surface area contributed by atoms with Crippen molar-refractivity contribution in [3.05, 3.63) is 46.6 Å². The SMILES string of the molecule is COc1ccc(-c2cc(=O)c3c(O)c(O)c(OC4OC(CO)C(O)C(O)C4O)cc3o2)cc1. The molecule has 0 amide bonds. The van der Waals surface area contributed by atoms with Crippen molar-refractivity contribution >= 4 is 11.0 Å². The van der Waals surface area contributed by atoms with Crippen LogP contribution in [0.3, 0.4) is 0 Å². The Balaban J connectivity index is 1.75. The maximum absolute atomic E-state index is 12.6. The maximum atomic E-state index is 12.6. The van der Waals surface area contributed by atoms with Crippen LogP contribution in [0, 0.1) is 0 Å². The Morgan fingerprint density at radius 2 is 1.67 bits per heavy atom. The number of aliphatic hydroxyl groups excluding tert-OH is 4. The third-order valence-electron chi connectivity index (χ3n) is 5.40. The van der Waals surface area contributed by atoms with E-state index in [2.05, 4.69) is 0 Å². The second kappa shape index (κ2) is 8.89. The molecule has 176 valence electrons. The molecule has 11 nitrogen and oxygen atoms in total. The van der Waals surface area contributed by atoms with E-state index < -0.39 is 60.0 Å². The fourth-order valence-electron chi connectivity index (χ4n) is 3.55. The number of fused-ring (bicyclic) bond motifs is 1. The van der Waals surface area contributed by atoms with E-state index in [1.807, 2.05) is 0 Å². The lowest BCUT2D eigenvalue weighted by molar-refractivity contribution is -0.277. The Morgan fingerprint density at radius 3 is 2.30 bits per heavy atom. The number of aromatic hydroxyl groups is 2. The van der Waals surface area contributed by atoms with Crippen molar-refractivity contribution in [3.8, 4) is 34.3 Å². The van der Waals surface area contributed by atoms with E-state index >= 15 is 0 Å². The summed E-state index contributed by atoms with van der Waals surface area (Å²) < 4.78 is 21.5. The van der Waals surface area contributed by atoms with Crippen molar-refractivity contribution in [2.45, 2.75) is 30.7 Å². The number of hydrogen-bond acceptors (Lipinski definition) is 11. The van der Waals surface area contributed by atoms with Gasteiger partial charge in [-0.1, -0.05) is 0 Å². The first kappa shape index (κ1) is 22.8. The van der Waals surface area contributed by atoms with Crippen molar-refractivity contribution < 1.29 is 49.3 Å². The van der Waals surface area contributed by atoms with Crippen molar-refractivity contribution in [1.29, 1.82) is 0 Å². The summed E-state index contributed by atoms with van der Waals surface area (Å²) in [5.74, 6) is -1.32. The first-order valence-corrected chi connectivity index (χ1v) is 9.89. The van der Waals surface area contributed by atoms with Crippen molar-refractivity contribution in [2.75, 3.05) is 13.7 Å². The summed E-state index contributed by atoms with van der Waals surface area (Å²) in [7, 11) is 1.51. The Bertz CT molecular complexity index is 1200. The fraction of sp³-hybridized carbons (Fsp3) is 0.318. The van der Waals surface area contributed by atoms with Gasteiger partial charge in [0.1, 0.15) is 46.9 Å². The van der Waals surface area contributed by atoms with Crippen molar-refractivity contribution in [2.24, 2.45) is 0 Å². The molecule has 5 atom stereocenters. The molecule has 2 heterocycles. The standard InChI is InChI=1S/C22H22O11/c1-30-10-4-2-9(3-5-10)12-6-11(24)16-13(31-12)7-14(17(25)19(16)27)32-22-21(29)20(28)18(26)15(8-23)33-22/h2-7,15,18,20-23,25-29H,8H2,1H3. The lowest BCUT2D eigenvalue weighted by Gasteiger charge is -2.39. The van der Waals surface area contributed by atoms with Gasteiger partial charge >= 0.3 is 0 Å². The van der Waals surface area contributed by atoms with Crippen LogP contribution >= 0.6 is 0 Å². The number of rotatable bonds is 5. The second-order valence-electron chi connectivity index (χ2n) is 7.46. The lowest BCUT2D eigenvalue weighted by atomic mass is 9.99. The Morgan fingerprint density at radius 1 is 0.970 bits per heavy atom. The molecule has 11 heteroatoms. The molecule has 1 aromatic heterocycles. The summed E-state index contributed by atoms with van der Waals surface area (Å²) in [5.41, 5.74) is -0.226. The Labute approximate surface area is 186 Å². The largest absolute Gasteiger partial charge is 0.504 e. The number of hydrogen-bond donors (Lipinski definition) is 6. The van der Waals surface area contributed by atoms with Crippen LogP contribution in [0.1, 0.15) is 0 Å². The van der Waals surface area contributed by atoms with Crippen LogP contribution in [0.4, 0.5) is 0 Å². The van der Waals surface area contributed by atoms with Crippen molar-refractivity contribution in [3.63, 3.8) is 0 Å². The third-order valence-corrected chi connectivity index (χ3v) is 5.40. The molecule has 5 unspecified atom stereocenters. The third kappa shape index (κ3) is 4.08. The molecule has 1 saturated heterocycles. The van der Waals surface area contributed by atoms with Gasteiger partial charge in [-0.15, -0.1) is 0 Å². The fourth-order valence-corrected chi connectivity index (χ4v) is 3.55. The summed E-state index contributed by atoms with van der Waals surface area (Å²) in [6.07, 6.45) is -7.94. The minimum Gasteiger partial charge on any atom is -0.504 e. The lowest BCUT2D eigenvalue weighted by Crippen LogP contribution is -2.60. The predicted molar refractivity (Wildman–Crippen MR) is 112 cm³/mol. The number of phenolic OH excluding ortho intramolecular Hbond substituents is 2. The van der Waals surface area contributed by atoms with E-state index in [4.69, 9.17) is 18.6 Å². The maximum Gasteiger partial charge on any atom is 0.229 e. The van der Waals surface area contributed by atoms with E-state index in [0.29, 0.717) is 11.3 Å². The zero-order valence-corrected chi connectivity index (χ0v) is 17.3. The average molecular weight is 462 g/mol. The van der Waals surface area contributed by atoms with Crippen LogP contribution in [0.25, 0.3) is 22.3 Å². The molecule has 0 radical (unpaired) electrons. The van der Waals surface area contributed by atoms with Crippen LogP contribution in [0.2, 0.25) is 0 Å². The highest BCUT2D eigenvalue weighted by molar-refractivity contribution is 5.89. The molecule has 0 aliphatic carbocycles. The van der Waals surface area contributed by atoms with Gasteiger partial charge in [0.15, 0.2) is 16.9 Å². The highest BCUT2D eigenvalue weighted by atomic mass is 16.7. The number of ether oxygens (including phenoxy) is 3. The molecule has 6 N–H and O–H groups in total. The van der Waals surface area contributed by atoms with Crippen LogP contribution in [-0.2, 0) is 4.74 Å². The average Bonchev–Trinajstić information content (AvgIpc) is 2.82. The van der Waals surface area contributed by atoms with Gasteiger partial charge in [0.05, 0.1) is 13.7 Å². The minimum atomic E-state index is -1.75. The molecule has 1 aliphatic heterocycles. The van der Waals surface area contributed by atoms with E-state index in [-0.39, 0.29) is 16.7 Å². The molecule has 4 rings (SSSR count). The van der Waals surface area contributed by atoms with Gasteiger partial charge in [-0.05, 0) is 24.3 Å². The molecule has 0 saturated carbocycles. The molecule has 2 aromatic carbocycles. The summed E-state index contributed by atoms with van der Waals surface area (Å²) in [4.78, 5) is 12.6. The molecule has 1 aliphatic rings. The molecular formula is C22H22O11. The van der Waals surface area contributed by atoms with Crippen LogP contribution in [-0.4, -0.2) is 75.1 Å². The topological polar surface area (TPSA) is 179 Å². The summed E-state index contributed by atoms with van der Waals surface area (Å²) in [6, 6.07) is 8.92. The Hall–Kier alpha value is -3.35. The van der Waals surface area contributed by atoms with E-state index in [1.165, 1.54) is 7.11 Å². The van der Waals surface area contributed by atoms with Gasteiger partial charge in [0.2, 0.25) is 12.0 Å². The number of benzene rings is 2. The first-order chi connectivity index (χ1) is 15.7. The van der Waals surface area contributed by atoms with E-state index in [9.17, 15) is 35.4 Å². The quantitative estimate of drug-likeness (QED) is 0.282. The number of methoxy groups -OCH3 is 1. The number of phenols is 2. The van der Waals surface area contributed by atoms with E-state index in [0.717, 1.165) is 12.1 Å². The molecule has 3 aromatic rings. The number of aliphatic hydroxyl groups is 4. The zero-order chi connectivity index (χ0) is 23.9. The summed E-state index contributed by atoms with van der Waals surface area (Å²) >= 11 is 0. The van der Waals surface area contributed by atoms with Gasteiger partial charge < -0.3 is 49.3 Å². The highest BCUT2D eigenvalue weighted by Crippen LogP contribution is 2.42. The molecular weight excluding hydrogens is 440 g/mol. The van der Waals surface area contributed by atoms with Crippen LogP contribution in [0.15, 0.2) is 45.6 Å². The van der Waals surface area contributed by atoms with Crippen molar-refractivity contribution in [1.82, 2.24) is 0 Å². The smallest absolute Gasteiger partial charge is 0.229 e. The highest BCUT2D eigenvalue weighted by Gasteiger charge is 2.45. The molecule has 0 bridgehead atoms. The first-order valence-electron chi connectivity index (χ1n) is 9.89. The molecule has 0 spiro atoms. The van der Waals surface area contributed by atoms with Gasteiger partial charge in [0, 0.05) is 17.7 Å². The van der Waals surface area contributed by atoms with Gasteiger partial charge in [-0.25, -0.2) is 0 Å². The Kier molecular flexibility index (Phi) is 6.15. The molecule has 1 fully saturated rings. The van der Waals surface area contributed by atoms with Crippen LogP contribution < -0.4 is 14.9 Å². The van der Waals surface area contributed by atoms with Gasteiger partial charge in [-0.3, -0.25) is 4.79 Å². The summed E-state index contributed by atoms with van der Waals surface area (Å²) in [6.45, 7) is -0.681. The minimum absolute atomic E-state index is 0.136. The normalized spacial score (nSPS) is 25.2. The predicted octanol–water partition coefficient (Wildman–Crippen LogP) is 0.0585. The van der Waals surface area contributed by atoms with Gasteiger partial charge in [-0.2, -0.15) is 0 Å². The monoisotopic (exact) mass is 462 g/mol.